The minimum Gasteiger partial charge on any atom is -0.396 e. The van der Waals surface area contributed by atoms with Crippen molar-refractivity contribution in [1.82, 2.24) is 5.32 Å². The maximum Gasteiger partial charge on any atom is 0.471 e. The van der Waals surface area contributed by atoms with Gasteiger partial charge in [0.25, 0.3) is 0 Å². The van der Waals surface area contributed by atoms with Crippen molar-refractivity contribution in [3.05, 3.63) is 0 Å². The molecule has 0 radical (unpaired) electrons. The van der Waals surface area contributed by atoms with E-state index >= 15 is 0 Å². The summed E-state index contributed by atoms with van der Waals surface area (Å²) in [5.41, 5.74) is 0. The molecule has 0 spiro atoms. The van der Waals surface area contributed by atoms with Crippen molar-refractivity contribution < 1.29 is 23.1 Å². The van der Waals surface area contributed by atoms with Gasteiger partial charge in [0.2, 0.25) is 0 Å². The molecule has 0 aliphatic rings. The van der Waals surface area contributed by atoms with Gasteiger partial charge in [-0.25, -0.2) is 0 Å². The van der Waals surface area contributed by atoms with Gasteiger partial charge in [-0.3, -0.25) is 4.79 Å². The van der Waals surface area contributed by atoms with E-state index in [1.807, 2.05) is 0 Å². The summed E-state index contributed by atoms with van der Waals surface area (Å²) in [5.74, 6) is -2.03. The molecule has 0 bridgehead atoms. The number of halogens is 3. The predicted molar refractivity (Wildman–Crippen MR) is 44.5 cm³/mol. The normalized spacial score (nSPS) is 13.8. The number of nitrogens with one attached hydrogen (secondary N) is 1. The maximum atomic E-state index is 11.7. The van der Waals surface area contributed by atoms with E-state index in [0.717, 1.165) is 0 Å². The number of hydrogen-bond acceptors (Lipinski definition) is 2. The molecule has 6 heteroatoms. The zero-order chi connectivity index (χ0) is 11.2. The van der Waals surface area contributed by atoms with Gasteiger partial charge in [-0.15, -0.1) is 0 Å². The Labute approximate surface area is 80.3 Å². The first-order valence-electron chi connectivity index (χ1n) is 4.37. The van der Waals surface area contributed by atoms with Crippen LogP contribution in [0, 0.1) is 5.92 Å². The van der Waals surface area contributed by atoms with Crippen LogP contribution in [0.4, 0.5) is 13.2 Å². The van der Waals surface area contributed by atoms with Crippen LogP contribution in [0.1, 0.15) is 19.8 Å². The summed E-state index contributed by atoms with van der Waals surface area (Å²) in [5, 5.41) is 10.3. The second kappa shape index (κ2) is 5.85. The number of amides is 1. The Kier molecular flexibility index (Phi) is 5.52. The standard InChI is InChI=1S/C8H14F3NO2/c1-2-6(3-4-13)5-12-7(14)8(9,10)11/h6,13H,2-5H2,1H3,(H,12,14). The van der Waals surface area contributed by atoms with Gasteiger partial charge in [-0.05, 0) is 12.3 Å². The Morgan fingerprint density at radius 3 is 2.43 bits per heavy atom. The lowest BCUT2D eigenvalue weighted by Gasteiger charge is -2.14. The number of carbonyl (C=O) groups excluding carboxylic acids is 1. The summed E-state index contributed by atoms with van der Waals surface area (Å²) in [6.07, 6.45) is -3.80. The minimum atomic E-state index is -4.82. The predicted octanol–water partition coefficient (Wildman–Crippen LogP) is 1.07. The summed E-state index contributed by atoms with van der Waals surface area (Å²) in [4.78, 5) is 10.4. The molecule has 1 amide bonds. The van der Waals surface area contributed by atoms with E-state index in [4.69, 9.17) is 5.11 Å². The fourth-order valence-corrected chi connectivity index (χ4v) is 0.970. The zero-order valence-corrected chi connectivity index (χ0v) is 7.90. The lowest BCUT2D eigenvalue weighted by molar-refractivity contribution is -0.173. The van der Waals surface area contributed by atoms with E-state index in [0.29, 0.717) is 12.8 Å². The molecule has 14 heavy (non-hydrogen) atoms. The quantitative estimate of drug-likeness (QED) is 0.717. The molecule has 0 saturated heterocycles. The highest BCUT2D eigenvalue weighted by Crippen LogP contribution is 2.14. The average Bonchev–Trinajstić information content (AvgIpc) is 2.10. The van der Waals surface area contributed by atoms with Crippen molar-refractivity contribution in [1.29, 1.82) is 0 Å². The fraction of sp³-hybridized carbons (Fsp3) is 0.875. The van der Waals surface area contributed by atoms with Gasteiger partial charge < -0.3 is 10.4 Å². The van der Waals surface area contributed by atoms with Crippen molar-refractivity contribution >= 4 is 5.91 Å². The van der Waals surface area contributed by atoms with Crippen molar-refractivity contribution in [3.63, 3.8) is 0 Å². The van der Waals surface area contributed by atoms with Gasteiger partial charge in [-0.1, -0.05) is 13.3 Å². The highest BCUT2D eigenvalue weighted by molar-refractivity contribution is 5.81. The van der Waals surface area contributed by atoms with Crippen LogP contribution in [0.3, 0.4) is 0 Å². The lowest BCUT2D eigenvalue weighted by Crippen LogP contribution is -2.39. The summed E-state index contributed by atoms with van der Waals surface area (Å²) < 4.78 is 35.2. The molecule has 0 rings (SSSR count). The first-order valence-corrected chi connectivity index (χ1v) is 4.37. The Bertz CT molecular complexity index is 182. The summed E-state index contributed by atoms with van der Waals surface area (Å²) in [7, 11) is 0. The minimum absolute atomic E-state index is 0.0462. The van der Waals surface area contributed by atoms with Gasteiger partial charge in [-0.2, -0.15) is 13.2 Å². The first-order chi connectivity index (χ1) is 6.41. The topological polar surface area (TPSA) is 49.3 Å². The van der Waals surface area contributed by atoms with Crippen LogP contribution in [0.5, 0.6) is 0 Å². The van der Waals surface area contributed by atoms with E-state index < -0.39 is 12.1 Å². The molecule has 0 heterocycles. The second-order valence-electron chi connectivity index (χ2n) is 2.99. The molecule has 1 unspecified atom stereocenters. The molecule has 2 N–H and O–H groups in total. The van der Waals surface area contributed by atoms with E-state index in [2.05, 4.69) is 0 Å². The number of alkyl halides is 3. The number of carbonyl (C=O) groups is 1. The van der Waals surface area contributed by atoms with Crippen LogP contribution in [0.25, 0.3) is 0 Å². The molecule has 0 aliphatic carbocycles. The zero-order valence-electron chi connectivity index (χ0n) is 7.90. The first kappa shape index (κ1) is 13.2. The summed E-state index contributed by atoms with van der Waals surface area (Å²) in [6, 6.07) is 0. The maximum absolute atomic E-state index is 11.7. The van der Waals surface area contributed by atoms with Crippen LogP contribution in [0.15, 0.2) is 0 Å². The number of aliphatic hydroxyl groups excluding tert-OH is 1. The van der Waals surface area contributed by atoms with E-state index in [-0.39, 0.29) is 19.1 Å². The third kappa shape index (κ3) is 5.06. The Morgan fingerprint density at radius 1 is 1.50 bits per heavy atom. The molecule has 0 aromatic carbocycles. The van der Waals surface area contributed by atoms with Crippen LogP contribution in [-0.2, 0) is 4.79 Å². The molecule has 84 valence electrons. The molecule has 1 atom stereocenters. The molecule has 0 aromatic heterocycles. The van der Waals surface area contributed by atoms with Crippen LogP contribution in [0.2, 0.25) is 0 Å². The summed E-state index contributed by atoms with van der Waals surface area (Å²) in [6.45, 7) is 1.66. The van der Waals surface area contributed by atoms with Gasteiger partial charge in [0.1, 0.15) is 0 Å². The molecule has 0 aromatic rings. The lowest BCUT2D eigenvalue weighted by atomic mass is 10.0. The molecular weight excluding hydrogens is 199 g/mol. The SMILES string of the molecule is CCC(CCO)CNC(=O)C(F)(F)F. The number of aliphatic hydroxyl groups is 1. The van der Waals surface area contributed by atoms with Gasteiger partial charge in [0, 0.05) is 13.2 Å². The molecule has 0 fully saturated rings. The van der Waals surface area contributed by atoms with E-state index in [9.17, 15) is 18.0 Å². The van der Waals surface area contributed by atoms with Crippen LogP contribution >= 0.6 is 0 Å². The van der Waals surface area contributed by atoms with Gasteiger partial charge in [0.05, 0.1) is 0 Å². The summed E-state index contributed by atoms with van der Waals surface area (Å²) >= 11 is 0. The third-order valence-electron chi connectivity index (χ3n) is 1.92. The Morgan fingerprint density at radius 2 is 2.07 bits per heavy atom. The van der Waals surface area contributed by atoms with Crippen molar-refractivity contribution in [3.8, 4) is 0 Å². The fourth-order valence-electron chi connectivity index (χ4n) is 0.970. The molecule has 0 saturated carbocycles. The van der Waals surface area contributed by atoms with E-state index in [1.165, 1.54) is 0 Å². The second-order valence-corrected chi connectivity index (χ2v) is 2.99. The molecular formula is C8H14F3NO2. The highest BCUT2D eigenvalue weighted by Gasteiger charge is 2.38. The van der Waals surface area contributed by atoms with Gasteiger partial charge in [0.15, 0.2) is 0 Å². The van der Waals surface area contributed by atoms with Crippen molar-refractivity contribution in [2.45, 2.75) is 25.9 Å². The highest BCUT2D eigenvalue weighted by atomic mass is 19.4. The number of hydrogen-bond donors (Lipinski definition) is 2. The van der Waals surface area contributed by atoms with Crippen molar-refractivity contribution in [2.24, 2.45) is 5.92 Å². The third-order valence-corrected chi connectivity index (χ3v) is 1.92. The van der Waals surface area contributed by atoms with E-state index in [1.54, 1.807) is 12.2 Å². The van der Waals surface area contributed by atoms with Crippen molar-refractivity contribution in [2.75, 3.05) is 13.2 Å². The van der Waals surface area contributed by atoms with Gasteiger partial charge >= 0.3 is 12.1 Å². The largest absolute Gasteiger partial charge is 0.471 e. The Balaban J connectivity index is 3.85. The smallest absolute Gasteiger partial charge is 0.396 e. The monoisotopic (exact) mass is 213 g/mol. The molecule has 0 aliphatic heterocycles. The average molecular weight is 213 g/mol. The van der Waals surface area contributed by atoms with Crippen LogP contribution in [-0.4, -0.2) is 30.3 Å². The molecule has 3 nitrogen and oxygen atoms in total. The Hall–Kier alpha value is -0.780. The number of rotatable bonds is 5. The van der Waals surface area contributed by atoms with Crippen LogP contribution < -0.4 is 5.32 Å².